The van der Waals surface area contributed by atoms with E-state index in [0.29, 0.717) is 24.6 Å². The molecule has 0 N–H and O–H groups in total. The number of halogens is 2. The van der Waals surface area contributed by atoms with Crippen LogP contribution >= 0.6 is 0 Å². The van der Waals surface area contributed by atoms with Gasteiger partial charge in [-0.2, -0.15) is 0 Å². The number of nitrogens with zero attached hydrogens (tertiary/aromatic N) is 2. The van der Waals surface area contributed by atoms with E-state index in [1.54, 1.807) is 0 Å². The minimum Gasteiger partial charge on any atom is -0.337 e. The van der Waals surface area contributed by atoms with Crippen LogP contribution in [0, 0.1) is 17.6 Å². The van der Waals surface area contributed by atoms with E-state index >= 15 is 0 Å². The van der Waals surface area contributed by atoms with Crippen LogP contribution in [0.2, 0.25) is 0 Å². The van der Waals surface area contributed by atoms with E-state index in [-0.39, 0.29) is 11.9 Å². The van der Waals surface area contributed by atoms with Gasteiger partial charge in [0.15, 0.2) is 0 Å². The van der Waals surface area contributed by atoms with Gasteiger partial charge in [0.1, 0.15) is 11.6 Å². The van der Waals surface area contributed by atoms with Gasteiger partial charge in [-0.3, -0.25) is 9.69 Å². The Morgan fingerprint density at radius 3 is 2.62 bits per heavy atom. The summed E-state index contributed by atoms with van der Waals surface area (Å²) in [6, 6.07) is 13.4. The molecule has 2 aromatic carbocycles. The fraction of sp³-hybridized carbons (Fsp3) is 0.381. The van der Waals surface area contributed by atoms with Gasteiger partial charge >= 0.3 is 0 Å². The van der Waals surface area contributed by atoms with Gasteiger partial charge in [-0.25, -0.2) is 8.78 Å². The summed E-state index contributed by atoms with van der Waals surface area (Å²) < 4.78 is 27.2. The number of carbonyl (C=O) groups is 1. The van der Waals surface area contributed by atoms with Gasteiger partial charge < -0.3 is 4.90 Å². The van der Waals surface area contributed by atoms with E-state index in [4.69, 9.17) is 0 Å². The van der Waals surface area contributed by atoms with Crippen LogP contribution in [-0.2, 0) is 17.9 Å². The zero-order chi connectivity index (χ0) is 18.1. The minimum absolute atomic E-state index is 0.118. The Kier molecular flexibility index (Phi) is 4.72. The van der Waals surface area contributed by atoms with Gasteiger partial charge in [0.05, 0.1) is 6.04 Å². The molecule has 0 saturated carbocycles. The van der Waals surface area contributed by atoms with Crippen molar-refractivity contribution in [1.29, 1.82) is 0 Å². The average Bonchev–Trinajstić information content (AvgIpc) is 2.64. The molecule has 2 aliphatic rings. The molecule has 5 heteroatoms. The Hall–Kier alpha value is -2.27. The van der Waals surface area contributed by atoms with Crippen LogP contribution in [-0.4, -0.2) is 34.8 Å². The molecule has 136 valence electrons. The summed E-state index contributed by atoms with van der Waals surface area (Å²) in [5, 5.41) is 0. The smallest absolute Gasteiger partial charge is 0.240 e. The normalized spacial score (nSPS) is 23.3. The molecular weight excluding hydrogens is 334 g/mol. The Bertz CT molecular complexity index is 796. The fourth-order valence-electron chi connectivity index (χ4n) is 4.13. The maximum Gasteiger partial charge on any atom is 0.240 e. The molecule has 0 spiro atoms. The van der Waals surface area contributed by atoms with E-state index in [1.807, 2.05) is 40.1 Å². The lowest BCUT2D eigenvalue weighted by molar-refractivity contribution is -0.146. The molecule has 0 unspecified atom stereocenters. The maximum atomic E-state index is 14.0. The number of benzene rings is 2. The van der Waals surface area contributed by atoms with E-state index in [1.165, 1.54) is 12.1 Å². The molecule has 4 rings (SSSR count). The van der Waals surface area contributed by atoms with Crippen molar-refractivity contribution in [3.05, 3.63) is 71.3 Å². The molecule has 3 nitrogen and oxygen atoms in total. The first kappa shape index (κ1) is 17.2. The zero-order valence-electron chi connectivity index (χ0n) is 14.6. The van der Waals surface area contributed by atoms with Gasteiger partial charge in [0.2, 0.25) is 5.91 Å². The van der Waals surface area contributed by atoms with E-state index < -0.39 is 11.6 Å². The minimum atomic E-state index is -0.576. The summed E-state index contributed by atoms with van der Waals surface area (Å²) in [6.45, 7) is 2.53. The van der Waals surface area contributed by atoms with E-state index in [9.17, 15) is 13.6 Å². The van der Waals surface area contributed by atoms with Crippen molar-refractivity contribution >= 4 is 5.91 Å². The monoisotopic (exact) mass is 356 g/mol. The van der Waals surface area contributed by atoms with Crippen LogP contribution in [0.15, 0.2) is 48.5 Å². The van der Waals surface area contributed by atoms with Gasteiger partial charge in [0, 0.05) is 31.3 Å². The standard InChI is InChI=1S/C21H22F2N2O/c22-18-7-6-17(19(23)11-18)14-24-9-8-16-10-20(24)21(26)25(13-16)12-15-4-2-1-3-5-15/h1-7,11,16,20H,8-10,12-14H2/t16-,20+/m0/s1. The summed E-state index contributed by atoms with van der Waals surface area (Å²) in [4.78, 5) is 17.0. The Morgan fingerprint density at radius 2 is 1.85 bits per heavy atom. The average molecular weight is 356 g/mol. The first-order chi connectivity index (χ1) is 12.6. The third-order valence-corrected chi connectivity index (χ3v) is 5.50. The molecule has 2 heterocycles. The van der Waals surface area contributed by atoms with Crippen LogP contribution in [0.25, 0.3) is 0 Å². The van der Waals surface area contributed by atoms with Crippen molar-refractivity contribution < 1.29 is 13.6 Å². The van der Waals surface area contributed by atoms with Gasteiger partial charge in [-0.1, -0.05) is 36.4 Å². The third-order valence-electron chi connectivity index (χ3n) is 5.50. The molecular formula is C21H22F2N2O. The second-order valence-electron chi connectivity index (χ2n) is 7.32. The van der Waals surface area contributed by atoms with Crippen molar-refractivity contribution in [2.75, 3.05) is 13.1 Å². The number of amides is 1. The van der Waals surface area contributed by atoms with Crippen LogP contribution in [0.3, 0.4) is 0 Å². The predicted octanol–water partition coefficient (Wildman–Crippen LogP) is 3.59. The molecule has 26 heavy (non-hydrogen) atoms. The summed E-state index contributed by atoms with van der Waals surface area (Å²) in [5.74, 6) is -0.507. The summed E-state index contributed by atoms with van der Waals surface area (Å²) >= 11 is 0. The quantitative estimate of drug-likeness (QED) is 0.836. The van der Waals surface area contributed by atoms with Crippen molar-refractivity contribution in [1.82, 2.24) is 9.80 Å². The molecule has 0 radical (unpaired) electrons. The molecule has 0 aliphatic carbocycles. The Labute approximate surface area is 152 Å². The number of piperidine rings is 2. The summed E-state index contributed by atoms with van der Waals surface area (Å²) in [5.41, 5.74) is 1.56. The highest BCUT2D eigenvalue weighted by molar-refractivity contribution is 5.83. The second kappa shape index (κ2) is 7.16. The van der Waals surface area contributed by atoms with Crippen LogP contribution < -0.4 is 0 Å². The van der Waals surface area contributed by atoms with Crippen LogP contribution in [0.4, 0.5) is 8.78 Å². The number of hydrogen-bond acceptors (Lipinski definition) is 2. The highest BCUT2D eigenvalue weighted by atomic mass is 19.1. The zero-order valence-corrected chi connectivity index (χ0v) is 14.6. The van der Waals surface area contributed by atoms with Crippen molar-refractivity contribution in [3.63, 3.8) is 0 Å². The number of hydrogen-bond donors (Lipinski definition) is 0. The summed E-state index contributed by atoms with van der Waals surface area (Å²) in [7, 11) is 0. The first-order valence-corrected chi connectivity index (χ1v) is 9.11. The lowest BCUT2D eigenvalue weighted by Gasteiger charge is -2.46. The largest absolute Gasteiger partial charge is 0.337 e. The number of rotatable bonds is 4. The van der Waals surface area contributed by atoms with Crippen LogP contribution in [0.5, 0.6) is 0 Å². The first-order valence-electron chi connectivity index (χ1n) is 9.11. The lowest BCUT2D eigenvalue weighted by Crippen LogP contribution is -2.58. The molecule has 2 aromatic rings. The van der Waals surface area contributed by atoms with Gasteiger partial charge in [-0.05, 0) is 36.9 Å². The Morgan fingerprint density at radius 1 is 1.04 bits per heavy atom. The second-order valence-corrected chi connectivity index (χ2v) is 7.32. The molecule has 2 atom stereocenters. The van der Waals surface area contributed by atoms with Crippen LogP contribution in [0.1, 0.15) is 24.0 Å². The molecule has 1 amide bonds. The maximum absolute atomic E-state index is 14.0. The lowest BCUT2D eigenvalue weighted by atomic mass is 9.85. The molecule has 2 saturated heterocycles. The van der Waals surface area contributed by atoms with Gasteiger partial charge in [0.25, 0.3) is 0 Å². The Balaban J connectivity index is 1.50. The topological polar surface area (TPSA) is 23.6 Å². The van der Waals surface area contributed by atoms with Crippen molar-refractivity contribution in [3.8, 4) is 0 Å². The number of fused-ring (bicyclic) bond motifs is 2. The predicted molar refractivity (Wildman–Crippen MR) is 95.1 cm³/mol. The molecule has 2 fully saturated rings. The number of carbonyl (C=O) groups excluding carboxylic acids is 1. The van der Waals surface area contributed by atoms with Gasteiger partial charge in [-0.15, -0.1) is 0 Å². The van der Waals surface area contributed by atoms with Crippen molar-refractivity contribution in [2.24, 2.45) is 5.92 Å². The highest BCUT2D eigenvalue weighted by Gasteiger charge is 2.41. The SMILES string of the molecule is O=C1[C@H]2C[C@H](CCN2Cc2ccc(F)cc2F)CN1Cc1ccccc1. The van der Waals surface area contributed by atoms with E-state index in [0.717, 1.165) is 37.6 Å². The van der Waals surface area contributed by atoms with Crippen molar-refractivity contribution in [2.45, 2.75) is 32.0 Å². The third kappa shape index (κ3) is 3.49. The van der Waals surface area contributed by atoms with E-state index in [2.05, 4.69) is 0 Å². The molecule has 0 aromatic heterocycles. The molecule has 2 aliphatic heterocycles. The number of likely N-dealkylation sites (tertiary alicyclic amines) is 2. The molecule has 2 bridgehead atoms. The highest BCUT2D eigenvalue weighted by Crippen LogP contribution is 2.32. The fourth-order valence-corrected chi connectivity index (χ4v) is 4.13. The summed E-state index contributed by atoms with van der Waals surface area (Å²) in [6.07, 6.45) is 1.82.